The molecule has 1 aromatic carbocycles. The molecule has 0 radical (unpaired) electrons. The zero-order valence-corrected chi connectivity index (χ0v) is 11.9. The first-order valence-corrected chi connectivity index (χ1v) is 7.25. The summed E-state index contributed by atoms with van der Waals surface area (Å²) in [6.45, 7) is 1.31. The zero-order valence-electron chi connectivity index (χ0n) is 11.1. The number of hydrogen-bond acceptors (Lipinski definition) is 4. The van der Waals surface area contributed by atoms with Gasteiger partial charge in [0.1, 0.15) is 6.04 Å². The summed E-state index contributed by atoms with van der Waals surface area (Å²) in [6, 6.07) is 8.50. The largest absolute Gasteiger partial charge is 0.480 e. The molecule has 1 unspecified atom stereocenters. The van der Waals surface area contributed by atoms with Crippen LogP contribution < -0.4 is 5.32 Å². The summed E-state index contributed by atoms with van der Waals surface area (Å²) in [5.74, 6) is 0.0312. The lowest BCUT2D eigenvalue weighted by Crippen LogP contribution is -2.39. The van der Waals surface area contributed by atoms with Crippen molar-refractivity contribution in [3.05, 3.63) is 35.4 Å². The molecular formula is C14H16N2O3S. The lowest BCUT2D eigenvalue weighted by molar-refractivity contribution is -0.141. The molecule has 0 aliphatic rings. The number of aliphatic carboxylic acids is 1. The molecular weight excluding hydrogens is 276 g/mol. The number of carboxylic acids is 1. The number of nitrogens with one attached hydrogen (secondary N) is 1. The molecule has 1 aromatic rings. The van der Waals surface area contributed by atoms with Gasteiger partial charge in [0.2, 0.25) is 5.91 Å². The van der Waals surface area contributed by atoms with Crippen molar-refractivity contribution in [3.8, 4) is 6.07 Å². The van der Waals surface area contributed by atoms with E-state index in [4.69, 9.17) is 10.4 Å². The van der Waals surface area contributed by atoms with Crippen molar-refractivity contribution in [3.63, 3.8) is 0 Å². The number of nitrogens with zero attached hydrogens (tertiary/aromatic N) is 1. The molecule has 1 rings (SSSR count). The Morgan fingerprint density at radius 2 is 2.05 bits per heavy atom. The summed E-state index contributed by atoms with van der Waals surface area (Å²) >= 11 is 1.60. The molecule has 0 saturated carbocycles. The molecule has 6 heteroatoms. The maximum Gasteiger partial charge on any atom is 0.326 e. The van der Waals surface area contributed by atoms with E-state index < -0.39 is 12.0 Å². The Morgan fingerprint density at radius 1 is 1.40 bits per heavy atom. The van der Waals surface area contributed by atoms with Gasteiger partial charge in [-0.1, -0.05) is 12.1 Å². The van der Waals surface area contributed by atoms with Gasteiger partial charge < -0.3 is 10.4 Å². The number of hydrogen-bond donors (Lipinski definition) is 2. The minimum absolute atomic E-state index is 0.338. The van der Waals surface area contributed by atoms with Gasteiger partial charge in [0, 0.05) is 12.7 Å². The van der Waals surface area contributed by atoms with E-state index in [9.17, 15) is 9.59 Å². The van der Waals surface area contributed by atoms with E-state index in [-0.39, 0.29) is 5.91 Å². The monoisotopic (exact) mass is 292 g/mol. The second-order valence-electron chi connectivity index (χ2n) is 4.24. The number of nitriles is 1. The fourth-order valence-electron chi connectivity index (χ4n) is 1.57. The maximum absolute atomic E-state index is 10.9. The topological polar surface area (TPSA) is 90.2 Å². The summed E-state index contributed by atoms with van der Waals surface area (Å²) in [6.07, 6.45) is 0.385. The summed E-state index contributed by atoms with van der Waals surface area (Å²) in [7, 11) is 0. The molecule has 1 amide bonds. The fourth-order valence-corrected chi connectivity index (χ4v) is 2.54. The predicted molar refractivity (Wildman–Crippen MR) is 77.2 cm³/mol. The minimum atomic E-state index is -1.01. The first-order chi connectivity index (χ1) is 9.52. The van der Waals surface area contributed by atoms with Crippen LogP contribution in [0.1, 0.15) is 24.5 Å². The van der Waals surface area contributed by atoms with E-state index in [2.05, 4.69) is 11.4 Å². The van der Waals surface area contributed by atoms with Crippen LogP contribution in [0, 0.1) is 11.3 Å². The van der Waals surface area contributed by atoms with Crippen molar-refractivity contribution in [2.24, 2.45) is 0 Å². The third-order valence-electron chi connectivity index (χ3n) is 2.58. The van der Waals surface area contributed by atoms with Crippen LogP contribution in [-0.2, 0) is 15.3 Å². The van der Waals surface area contributed by atoms with Gasteiger partial charge in [-0.15, -0.1) is 0 Å². The number of carbonyl (C=O) groups is 2. The molecule has 106 valence electrons. The molecule has 5 nitrogen and oxygen atoms in total. The van der Waals surface area contributed by atoms with Gasteiger partial charge in [-0.05, 0) is 29.9 Å². The van der Waals surface area contributed by atoms with Crippen LogP contribution in [0.15, 0.2) is 24.3 Å². The van der Waals surface area contributed by atoms with Crippen LogP contribution in [-0.4, -0.2) is 28.8 Å². The number of benzene rings is 1. The smallest absolute Gasteiger partial charge is 0.326 e. The van der Waals surface area contributed by atoms with Crippen LogP contribution in [0.25, 0.3) is 0 Å². The van der Waals surface area contributed by atoms with E-state index >= 15 is 0 Å². The van der Waals surface area contributed by atoms with Gasteiger partial charge in [-0.25, -0.2) is 4.79 Å². The van der Waals surface area contributed by atoms with Crippen LogP contribution in [0.4, 0.5) is 0 Å². The van der Waals surface area contributed by atoms with Crippen LogP contribution in [0.5, 0.6) is 0 Å². The Morgan fingerprint density at radius 3 is 2.55 bits per heavy atom. The number of carboxylic acid groups (broad SMARTS) is 1. The fraction of sp³-hybridized carbons (Fsp3) is 0.357. The average molecular weight is 292 g/mol. The van der Waals surface area contributed by atoms with Gasteiger partial charge in [-0.3, -0.25) is 4.79 Å². The summed E-state index contributed by atoms with van der Waals surface area (Å²) in [4.78, 5) is 21.8. The number of rotatable bonds is 7. The quantitative estimate of drug-likeness (QED) is 0.747. The SMILES string of the molecule is CC(=O)NC(CCSCc1ccc(C#N)cc1)C(=O)O. The third kappa shape index (κ3) is 5.76. The Hall–Kier alpha value is -2.00. The van der Waals surface area contributed by atoms with Gasteiger partial charge in [0.15, 0.2) is 0 Å². The first-order valence-electron chi connectivity index (χ1n) is 6.09. The highest BCUT2D eigenvalue weighted by molar-refractivity contribution is 7.98. The number of carbonyl (C=O) groups excluding carboxylic acids is 1. The van der Waals surface area contributed by atoms with Crippen molar-refractivity contribution in [2.45, 2.75) is 25.1 Å². The van der Waals surface area contributed by atoms with E-state index in [1.807, 2.05) is 12.1 Å². The highest BCUT2D eigenvalue weighted by atomic mass is 32.2. The molecule has 0 heterocycles. The molecule has 2 N–H and O–H groups in total. The lowest BCUT2D eigenvalue weighted by atomic mass is 10.2. The van der Waals surface area contributed by atoms with Gasteiger partial charge in [0.25, 0.3) is 0 Å². The van der Waals surface area contributed by atoms with Crippen LogP contribution in [0.2, 0.25) is 0 Å². The molecule has 20 heavy (non-hydrogen) atoms. The van der Waals surface area contributed by atoms with Gasteiger partial charge in [0.05, 0.1) is 11.6 Å². The van der Waals surface area contributed by atoms with E-state index in [1.54, 1.807) is 23.9 Å². The van der Waals surface area contributed by atoms with Crippen molar-refractivity contribution >= 4 is 23.6 Å². The molecule has 0 aliphatic heterocycles. The first kappa shape index (κ1) is 16.1. The molecule has 0 fully saturated rings. The Labute approximate surface area is 122 Å². The molecule has 0 spiro atoms. The standard InChI is InChI=1S/C14H16N2O3S/c1-10(17)16-13(14(18)19)6-7-20-9-12-4-2-11(8-15)3-5-12/h2-5,13H,6-7,9H2,1H3,(H,16,17)(H,18,19). The predicted octanol–water partition coefficient (Wildman–Crippen LogP) is 1.77. The Bertz CT molecular complexity index is 508. The summed E-state index contributed by atoms with van der Waals surface area (Å²) in [5.41, 5.74) is 1.70. The van der Waals surface area contributed by atoms with Crippen molar-refractivity contribution in [1.29, 1.82) is 5.26 Å². The average Bonchev–Trinajstić information content (AvgIpc) is 2.42. The Balaban J connectivity index is 2.34. The number of thioether (sulfide) groups is 1. The second-order valence-corrected chi connectivity index (χ2v) is 5.35. The molecule has 0 aliphatic carbocycles. The summed E-state index contributed by atoms with van der Waals surface area (Å²) in [5, 5.41) is 20.0. The van der Waals surface area contributed by atoms with Crippen LogP contribution in [0.3, 0.4) is 0 Å². The van der Waals surface area contributed by atoms with Crippen molar-refractivity contribution in [2.75, 3.05) is 5.75 Å². The summed E-state index contributed by atoms with van der Waals surface area (Å²) < 4.78 is 0. The maximum atomic E-state index is 10.9. The van der Waals surface area contributed by atoms with E-state index in [0.29, 0.717) is 17.7 Å². The van der Waals surface area contributed by atoms with Crippen molar-refractivity contribution in [1.82, 2.24) is 5.32 Å². The minimum Gasteiger partial charge on any atom is -0.480 e. The molecule has 1 atom stereocenters. The molecule has 0 saturated heterocycles. The zero-order chi connectivity index (χ0) is 15.0. The highest BCUT2D eigenvalue weighted by Gasteiger charge is 2.17. The lowest BCUT2D eigenvalue weighted by Gasteiger charge is -2.12. The molecule has 0 aromatic heterocycles. The normalized spacial score (nSPS) is 11.4. The van der Waals surface area contributed by atoms with Gasteiger partial charge in [-0.2, -0.15) is 17.0 Å². The molecule has 0 bridgehead atoms. The van der Waals surface area contributed by atoms with E-state index in [1.165, 1.54) is 6.92 Å². The highest BCUT2D eigenvalue weighted by Crippen LogP contribution is 2.14. The third-order valence-corrected chi connectivity index (χ3v) is 3.64. The Kier molecular flexibility index (Phi) is 6.60. The van der Waals surface area contributed by atoms with E-state index in [0.717, 1.165) is 11.3 Å². The van der Waals surface area contributed by atoms with Crippen LogP contribution >= 0.6 is 11.8 Å². The second kappa shape index (κ2) is 8.23. The number of amides is 1. The van der Waals surface area contributed by atoms with Crippen molar-refractivity contribution < 1.29 is 14.7 Å². The van der Waals surface area contributed by atoms with Gasteiger partial charge >= 0.3 is 5.97 Å².